The second-order valence-electron chi connectivity index (χ2n) is 0. The zero-order chi connectivity index (χ0) is 0. The first-order valence-electron chi connectivity index (χ1n) is 0. The van der Waals surface area contributed by atoms with E-state index in [9.17, 15) is 0 Å². The first-order chi connectivity index (χ1) is 0. The van der Waals surface area contributed by atoms with E-state index in [4.69, 9.17) is 0 Å². The van der Waals surface area contributed by atoms with Crippen LogP contribution in [0.3, 0.4) is 0 Å². The Kier molecular flexibility index (Phi) is 751. The molecule has 0 saturated carbocycles. The summed E-state index contributed by atoms with van der Waals surface area (Å²) in [6.45, 7) is 0. The van der Waals surface area contributed by atoms with Crippen molar-refractivity contribution in [3.8, 4) is 0 Å². The molecule has 0 bridgehead atoms. The Morgan fingerprint density at radius 2 is 0.600 bits per heavy atom. The molecule has 0 atom stereocenters. The predicted molar refractivity (Wildman–Crippen MR) is 12.8 cm³/mol. The molecule has 0 nitrogen and oxygen atoms in total. The SMILES string of the molecule is [CH3-].[CH3-].[Cr+2].[Cr].[Cr]. The van der Waals surface area contributed by atoms with Crippen LogP contribution < -0.4 is 0 Å². The van der Waals surface area contributed by atoms with Crippen molar-refractivity contribution < 1.29 is 52.1 Å². The zero-order valence-electron chi connectivity index (χ0n) is 3.22. The second kappa shape index (κ2) is 46.4. The zero-order valence-corrected chi connectivity index (χ0v) is 7.05. The molecule has 0 amide bonds. The van der Waals surface area contributed by atoms with Gasteiger partial charge in [0, 0.05) is 34.7 Å². The fraction of sp³-hybridized carbons (Fsp3) is 0. The topological polar surface area (TPSA) is 0 Å². The summed E-state index contributed by atoms with van der Waals surface area (Å²) in [5.74, 6) is 0. The standard InChI is InChI=1S/2CH3.3Cr/h2*1H3;;;/q2*-1;;;+2. The maximum atomic E-state index is 0. The summed E-state index contributed by atoms with van der Waals surface area (Å²) in [4.78, 5) is 0. The first-order valence-corrected chi connectivity index (χ1v) is 0. The van der Waals surface area contributed by atoms with Crippen LogP contribution in [0.5, 0.6) is 0 Å². The Morgan fingerprint density at radius 3 is 0.600 bits per heavy atom. The van der Waals surface area contributed by atoms with Gasteiger partial charge in [-0.05, 0) is 0 Å². The van der Waals surface area contributed by atoms with Crippen LogP contribution >= 0.6 is 0 Å². The predicted octanol–water partition coefficient (Wildman–Crippen LogP) is 0.893. The van der Waals surface area contributed by atoms with Crippen LogP contribution in [0.4, 0.5) is 0 Å². The summed E-state index contributed by atoms with van der Waals surface area (Å²) in [5.41, 5.74) is 0. The number of hydrogen-bond acceptors (Lipinski definition) is 0. The molecule has 0 rings (SSSR count). The van der Waals surface area contributed by atoms with Crippen LogP contribution in [-0.4, -0.2) is 0 Å². The largest absolute Gasteiger partial charge is 2.00 e. The minimum Gasteiger partial charge on any atom is -0.358 e. The fourth-order valence-electron chi connectivity index (χ4n) is 0. The first kappa shape index (κ1) is 81.0. The third-order valence-electron chi connectivity index (χ3n) is 0. The molecule has 0 aromatic rings. The van der Waals surface area contributed by atoms with Gasteiger partial charge in [0.15, 0.2) is 0 Å². The Labute approximate surface area is 66.7 Å². The van der Waals surface area contributed by atoms with Gasteiger partial charge in [0.2, 0.25) is 0 Å². The van der Waals surface area contributed by atoms with Crippen LogP contribution in [0.1, 0.15) is 0 Å². The van der Waals surface area contributed by atoms with Crippen molar-refractivity contribution in [1.82, 2.24) is 0 Å². The van der Waals surface area contributed by atoms with Crippen LogP contribution in [0.25, 0.3) is 0 Å². The van der Waals surface area contributed by atoms with Crippen molar-refractivity contribution >= 4 is 0 Å². The van der Waals surface area contributed by atoms with Gasteiger partial charge < -0.3 is 14.9 Å². The number of rotatable bonds is 0. The van der Waals surface area contributed by atoms with Crippen LogP contribution in [-0.2, 0) is 52.1 Å². The minimum absolute atomic E-state index is 0. The van der Waals surface area contributed by atoms with E-state index in [-0.39, 0.29) is 66.9 Å². The molecule has 0 aliphatic heterocycles. The summed E-state index contributed by atoms with van der Waals surface area (Å²) in [5, 5.41) is 0. The fourth-order valence-corrected chi connectivity index (χ4v) is 0. The van der Waals surface area contributed by atoms with E-state index in [0.29, 0.717) is 0 Å². The molecule has 5 heavy (non-hydrogen) atoms. The molecule has 0 N–H and O–H groups in total. The Balaban J connectivity index is 0. The number of hydrogen-bond donors (Lipinski definition) is 0. The third kappa shape index (κ3) is 28.4. The summed E-state index contributed by atoms with van der Waals surface area (Å²) < 4.78 is 0. The van der Waals surface area contributed by atoms with Crippen molar-refractivity contribution in [1.29, 1.82) is 0 Å². The molecule has 32 valence electrons. The monoisotopic (exact) mass is 186 g/mol. The Hall–Kier alpha value is 1.60. The molecule has 0 unspecified atom stereocenters. The maximum Gasteiger partial charge on any atom is 2.00 e. The summed E-state index contributed by atoms with van der Waals surface area (Å²) in [6.07, 6.45) is 0. The summed E-state index contributed by atoms with van der Waals surface area (Å²) in [7, 11) is 0. The minimum atomic E-state index is 0. The van der Waals surface area contributed by atoms with Gasteiger partial charge in [-0.3, -0.25) is 0 Å². The van der Waals surface area contributed by atoms with E-state index >= 15 is 0 Å². The van der Waals surface area contributed by atoms with Gasteiger partial charge in [0.1, 0.15) is 0 Å². The van der Waals surface area contributed by atoms with Crippen molar-refractivity contribution in [3.63, 3.8) is 0 Å². The van der Waals surface area contributed by atoms with Crippen LogP contribution in [0.15, 0.2) is 0 Å². The molecule has 0 aromatic heterocycles. The van der Waals surface area contributed by atoms with Crippen molar-refractivity contribution in [3.05, 3.63) is 14.9 Å². The van der Waals surface area contributed by atoms with Gasteiger partial charge in [-0.1, -0.05) is 0 Å². The van der Waals surface area contributed by atoms with E-state index in [0.717, 1.165) is 0 Å². The van der Waals surface area contributed by atoms with Crippen LogP contribution in [0, 0.1) is 14.9 Å². The van der Waals surface area contributed by atoms with Crippen molar-refractivity contribution in [2.75, 3.05) is 0 Å². The van der Waals surface area contributed by atoms with Crippen molar-refractivity contribution in [2.45, 2.75) is 0 Å². The molecule has 0 fully saturated rings. The average Bonchev–Trinajstić information content (AvgIpc) is 0. The third-order valence-corrected chi connectivity index (χ3v) is 0. The molecule has 3 heteroatoms. The molecule has 0 aromatic carbocycles. The van der Waals surface area contributed by atoms with Crippen molar-refractivity contribution in [2.24, 2.45) is 0 Å². The van der Waals surface area contributed by atoms with E-state index in [1.54, 1.807) is 0 Å². The molecule has 0 radical (unpaired) electrons. The quantitative estimate of drug-likeness (QED) is 0.493. The molecular weight excluding hydrogens is 180 g/mol. The Morgan fingerprint density at radius 1 is 0.600 bits per heavy atom. The van der Waals surface area contributed by atoms with E-state index < -0.39 is 0 Å². The normalized spacial score (nSPS) is 0. The average molecular weight is 186 g/mol. The summed E-state index contributed by atoms with van der Waals surface area (Å²) >= 11 is 0. The summed E-state index contributed by atoms with van der Waals surface area (Å²) in [6, 6.07) is 0. The van der Waals surface area contributed by atoms with Gasteiger partial charge >= 0.3 is 17.4 Å². The van der Waals surface area contributed by atoms with Gasteiger partial charge in [0.05, 0.1) is 0 Å². The van der Waals surface area contributed by atoms with E-state index in [1.807, 2.05) is 0 Å². The smallest absolute Gasteiger partial charge is 0.358 e. The van der Waals surface area contributed by atoms with E-state index in [1.165, 1.54) is 0 Å². The van der Waals surface area contributed by atoms with Gasteiger partial charge in [-0.2, -0.15) is 0 Å². The molecular formula is C2H6Cr3. The molecule has 0 spiro atoms. The van der Waals surface area contributed by atoms with Gasteiger partial charge in [-0.25, -0.2) is 0 Å². The van der Waals surface area contributed by atoms with E-state index in [2.05, 4.69) is 0 Å². The molecule has 0 heterocycles. The maximum absolute atomic E-state index is 0. The van der Waals surface area contributed by atoms with Gasteiger partial charge in [0.25, 0.3) is 0 Å². The molecule has 0 saturated heterocycles. The Bertz CT molecular complexity index is 4.85. The van der Waals surface area contributed by atoms with Gasteiger partial charge in [-0.15, -0.1) is 0 Å². The second-order valence-corrected chi connectivity index (χ2v) is 0. The molecule has 0 aliphatic rings. The van der Waals surface area contributed by atoms with Crippen LogP contribution in [0.2, 0.25) is 0 Å². The molecule has 0 aliphatic carbocycles.